The van der Waals surface area contributed by atoms with Crippen LogP contribution in [0.2, 0.25) is 0 Å². The highest BCUT2D eigenvalue weighted by Gasteiger charge is 2.38. The monoisotopic (exact) mass is 361 g/mol. The van der Waals surface area contributed by atoms with E-state index in [-0.39, 0.29) is 5.54 Å². The average Bonchev–Trinajstić information content (AvgIpc) is 3.12. The molecular formula is C24H31N3. The summed E-state index contributed by atoms with van der Waals surface area (Å²) in [7, 11) is 4.48. The minimum atomic E-state index is 0.203. The van der Waals surface area contributed by atoms with Gasteiger partial charge in [-0.2, -0.15) is 0 Å². The Morgan fingerprint density at radius 3 is 2.44 bits per heavy atom. The Labute approximate surface area is 162 Å². The molecule has 0 aliphatic heterocycles. The highest BCUT2D eigenvalue weighted by molar-refractivity contribution is 5.82. The van der Waals surface area contributed by atoms with E-state index in [1.165, 1.54) is 47.7 Å². The molecule has 3 heteroatoms. The molecule has 27 heavy (non-hydrogen) atoms. The van der Waals surface area contributed by atoms with E-state index < -0.39 is 0 Å². The van der Waals surface area contributed by atoms with Crippen LogP contribution in [0.4, 0.5) is 0 Å². The van der Waals surface area contributed by atoms with Gasteiger partial charge in [-0.3, -0.25) is 4.90 Å². The molecule has 0 spiro atoms. The molecule has 1 aliphatic rings. The number of para-hydroxylation sites is 1. The first-order valence-electron chi connectivity index (χ1n) is 10.2. The van der Waals surface area contributed by atoms with Gasteiger partial charge in [0.15, 0.2) is 0 Å². The SMILES string of the molecule is CN(C)C1(c2ccccc2)CCC(CNCc2c[nH]c3ccccc23)CC1. The predicted molar refractivity (Wildman–Crippen MR) is 114 cm³/mol. The Balaban J connectivity index is 1.34. The molecule has 0 radical (unpaired) electrons. The lowest BCUT2D eigenvalue weighted by Crippen LogP contribution is -2.45. The molecule has 4 rings (SSSR count). The minimum absolute atomic E-state index is 0.203. The molecule has 0 saturated heterocycles. The number of benzene rings is 2. The maximum atomic E-state index is 3.71. The third-order valence-electron chi connectivity index (χ3n) is 6.52. The standard InChI is InChI=1S/C24H31N3/c1-27(2)24(21-8-4-3-5-9-21)14-12-19(13-15-24)16-25-17-20-18-26-23-11-7-6-10-22(20)23/h3-11,18-19,25-26H,12-17H2,1-2H3. The average molecular weight is 362 g/mol. The normalized spacial score (nSPS) is 23.1. The van der Waals surface area contributed by atoms with Crippen LogP contribution in [0.5, 0.6) is 0 Å². The van der Waals surface area contributed by atoms with Crippen molar-refractivity contribution in [1.82, 2.24) is 15.2 Å². The molecule has 1 aromatic heterocycles. The van der Waals surface area contributed by atoms with Crippen molar-refractivity contribution >= 4 is 10.9 Å². The van der Waals surface area contributed by atoms with Gasteiger partial charge in [-0.15, -0.1) is 0 Å². The lowest BCUT2D eigenvalue weighted by molar-refractivity contribution is 0.0770. The first-order chi connectivity index (χ1) is 13.2. The summed E-state index contributed by atoms with van der Waals surface area (Å²) in [4.78, 5) is 5.81. The number of rotatable bonds is 6. The third kappa shape index (κ3) is 3.67. The van der Waals surface area contributed by atoms with Crippen LogP contribution in [0.15, 0.2) is 60.8 Å². The number of H-pyrrole nitrogens is 1. The quantitative estimate of drug-likeness (QED) is 0.654. The first-order valence-corrected chi connectivity index (χ1v) is 10.2. The van der Waals surface area contributed by atoms with Gasteiger partial charge in [0.1, 0.15) is 0 Å². The lowest BCUT2D eigenvalue weighted by Gasteiger charge is -2.45. The Kier molecular flexibility index (Phi) is 5.33. The van der Waals surface area contributed by atoms with Crippen LogP contribution in [-0.2, 0) is 12.1 Å². The fourth-order valence-electron chi connectivity index (χ4n) is 4.79. The van der Waals surface area contributed by atoms with Gasteiger partial charge in [0.05, 0.1) is 0 Å². The third-order valence-corrected chi connectivity index (χ3v) is 6.52. The van der Waals surface area contributed by atoms with Crippen LogP contribution in [0.3, 0.4) is 0 Å². The molecule has 1 heterocycles. The fourth-order valence-corrected chi connectivity index (χ4v) is 4.79. The zero-order valence-electron chi connectivity index (χ0n) is 16.5. The number of nitrogens with one attached hydrogen (secondary N) is 2. The molecule has 142 valence electrons. The van der Waals surface area contributed by atoms with E-state index in [1.807, 2.05) is 0 Å². The van der Waals surface area contributed by atoms with Crippen LogP contribution in [-0.4, -0.2) is 30.5 Å². The minimum Gasteiger partial charge on any atom is -0.361 e. The van der Waals surface area contributed by atoms with Crippen LogP contribution >= 0.6 is 0 Å². The van der Waals surface area contributed by atoms with Gasteiger partial charge in [0.2, 0.25) is 0 Å². The summed E-state index contributed by atoms with van der Waals surface area (Å²) in [5.41, 5.74) is 4.27. The molecule has 3 aromatic rings. The second-order valence-electron chi connectivity index (χ2n) is 8.23. The van der Waals surface area contributed by atoms with Crippen molar-refractivity contribution in [2.75, 3.05) is 20.6 Å². The summed E-state index contributed by atoms with van der Waals surface area (Å²) in [5, 5.41) is 5.05. The Morgan fingerprint density at radius 1 is 1.00 bits per heavy atom. The van der Waals surface area contributed by atoms with Crippen LogP contribution in [0.25, 0.3) is 10.9 Å². The number of aromatic amines is 1. The van der Waals surface area contributed by atoms with Crippen LogP contribution in [0, 0.1) is 5.92 Å². The molecule has 3 nitrogen and oxygen atoms in total. The Morgan fingerprint density at radius 2 is 1.70 bits per heavy atom. The number of hydrogen-bond donors (Lipinski definition) is 2. The van der Waals surface area contributed by atoms with E-state index >= 15 is 0 Å². The van der Waals surface area contributed by atoms with E-state index in [4.69, 9.17) is 0 Å². The van der Waals surface area contributed by atoms with E-state index in [9.17, 15) is 0 Å². The summed E-state index contributed by atoms with van der Waals surface area (Å²) < 4.78 is 0. The summed E-state index contributed by atoms with van der Waals surface area (Å²) in [6.07, 6.45) is 7.19. The van der Waals surface area contributed by atoms with E-state index in [1.54, 1.807) is 0 Å². The predicted octanol–water partition coefficient (Wildman–Crippen LogP) is 4.90. The highest BCUT2D eigenvalue weighted by Crippen LogP contribution is 2.42. The summed E-state index contributed by atoms with van der Waals surface area (Å²) in [6.45, 7) is 2.05. The van der Waals surface area contributed by atoms with Gasteiger partial charge < -0.3 is 10.3 Å². The van der Waals surface area contributed by atoms with E-state index in [0.29, 0.717) is 0 Å². The molecule has 1 saturated carbocycles. The number of fused-ring (bicyclic) bond motifs is 1. The lowest BCUT2D eigenvalue weighted by atomic mass is 9.72. The largest absolute Gasteiger partial charge is 0.361 e. The van der Waals surface area contributed by atoms with Gasteiger partial charge in [0.25, 0.3) is 0 Å². The summed E-state index contributed by atoms with van der Waals surface area (Å²) in [6, 6.07) is 19.6. The molecule has 1 aliphatic carbocycles. The Hall–Kier alpha value is -2.10. The van der Waals surface area contributed by atoms with Crippen molar-refractivity contribution in [2.45, 2.75) is 37.8 Å². The van der Waals surface area contributed by atoms with Gasteiger partial charge in [-0.1, -0.05) is 48.5 Å². The molecule has 2 aromatic carbocycles. The number of aromatic nitrogens is 1. The first kappa shape index (κ1) is 18.3. The Bertz CT molecular complexity index is 857. The zero-order chi connectivity index (χ0) is 18.7. The van der Waals surface area contributed by atoms with Gasteiger partial charge in [-0.25, -0.2) is 0 Å². The van der Waals surface area contributed by atoms with E-state index in [2.05, 4.69) is 90.1 Å². The topological polar surface area (TPSA) is 31.1 Å². The van der Waals surface area contributed by atoms with Crippen molar-refractivity contribution in [3.63, 3.8) is 0 Å². The number of nitrogens with zero attached hydrogens (tertiary/aromatic N) is 1. The van der Waals surface area contributed by atoms with Crippen molar-refractivity contribution in [1.29, 1.82) is 0 Å². The number of hydrogen-bond acceptors (Lipinski definition) is 2. The van der Waals surface area contributed by atoms with Crippen LogP contribution in [0.1, 0.15) is 36.8 Å². The molecule has 2 N–H and O–H groups in total. The zero-order valence-corrected chi connectivity index (χ0v) is 16.5. The second-order valence-corrected chi connectivity index (χ2v) is 8.23. The van der Waals surface area contributed by atoms with Crippen molar-refractivity contribution < 1.29 is 0 Å². The van der Waals surface area contributed by atoms with Crippen LogP contribution < -0.4 is 5.32 Å². The van der Waals surface area contributed by atoms with Crippen molar-refractivity contribution in [3.8, 4) is 0 Å². The van der Waals surface area contributed by atoms with Crippen molar-refractivity contribution in [2.24, 2.45) is 5.92 Å². The van der Waals surface area contributed by atoms with Gasteiger partial charge in [0, 0.05) is 29.2 Å². The molecule has 0 amide bonds. The van der Waals surface area contributed by atoms with Crippen molar-refractivity contribution in [3.05, 3.63) is 71.9 Å². The second kappa shape index (κ2) is 7.87. The maximum absolute atomic E-state index is 3.71. The van der Waals surface area contributed by atoms with E-state index in [0.717, 1.165) is 19.0 Å². The van der Waals surface area contributed by atoms with Gasteiger partial charge in [-0.05, 0) is 69.4 Å². The van der Waals surface area contributed by atoms with Gasteiger partial charge >= 0.3 is 0 Å². The summed E-state index contributed by atoms with van der Waals surface area (Å²) >= 11 is 0. The highest BCUT2D eigenvalue weighted by atomic mass is 15.1. The fraction of sp³-hybridized carbons (Fsp3) is 0.417. The maximum Gasteiger partial charge on any atom is 0.0457 e. The smallest absolute Gasteiger partial charge is 0.0457 e. The molecular weight excluding hydrogens is 330 g/mol. The molecule has 0 bridgehead atoms. The molecule has 0 atom stereocenters. The molecule has 0 unspecified atom stereocenters. The molecule has 1 fully saturated rings. The summed E-state index contributed by atoms with van der Waals surface area (Å²) in [5.74, 6) is 0.770.